The molecule has 4 aromatic rings. The molecular formula is C30H28N2O5. The van der Waals surface area contributed by atoms with Gasteiger partial charge in [0.15, 0.2) is 5.78 Å². The molecule has 7 nitrogen and oxygen atoms in total. The standard InChI is InChI=1S/C30H28N2O5/c1-20(17-28(33)23-9-5-3-6-10-23)31-26(30(34)35)18-22-13-15-25(16-14-22)36-19-27-21(2)37-29(32-27)24-11-7-4-8-12-24/h3-17,26,31H,18-19H2,1-2H3,(H,34,35)/t26-/m0/s1. The number of nitrogens with zero attached hydrogens (tertiary/aromatic N) is 1. The van der Waals surface area contributed by atoms with Crippen molar-refractivity contribution in [3.63, 3.8) is 0 Å². The van der Waals surface area contributed by atoms with Crippen LogP contribution in [0.4, 0.5) is 0 Å². The summed E-state index contributed by atoms with van der Waals surface area (Å²) in [5.41, 5.74) is 3.46. The average Bonchev–Trinajstić information content (AvgIpc) is 3.29. The molecule has 1 atom stereocenters. The van der Waals surface area contributed by atoms with Gasteiger partial charge in [-0.25, -0.2) is 9.78 Å². The predicted molar refractivity (Wildman–Crippen MR) is 140 cm³/mol. The van der Waals surface area contributed by atoms with Crippen LogP contribution in [0.15, 0.2) is 101 Å². The van der Waals surface area contributed by atoms with Crippen molar-refractivity contribution in [1.82, 2.24) is 10.3 Å². The highest BCUT2D eigenvalue weighted by Crippen LogP contribution is 2.23. The van der Waals surface area contributed by atoms with Crippen molar-refractivity contribution in [2.75, 3.05) is 0 Å². The quantitative estimate of drug-likeness (QED) is 0.206. The summed E-state index contributed by atoms with van der Waals surface area (Å²) in [6.07, 6.45) is 1.65. The molecule has 37 heavy (non-hydrogen) atoms. The lowest BCUT2D eigenvalue weighted by atomic mass is 10.1. The number of aromatic nitrogens is 1. The summed E-state index contributed by atoms with van der Waals surface area (Å²) in [5, 5.41) is 12.6. The van der Waals surface area contributed by atoms with E-state index in [0.717, 1.165) is 11.1 Å². The number of benzene rings is 3. The maximum atomic E-state index is 12.4. The fourth-order valence-electron chi connectivity index (χ4n) is 3.77. The van der Waals surface area contributed by atoms with Gasteiger partial charge in [-0.15, -0.1) is 0 Å². The van der Waals surface area contributed by atoms with Crippen molar-refractivity contribution in [2.45, 2.75) is 32.9 Å². The van der Waals surface area contributed by atoms with Crippen molar-refractivity contribution in [3.8, 4) is 17.2 Å². The molecule has 3 aromatic carbocycles. The molecule has 4 rings (SSSR count). The normalized spacial score (nSPS) is 12.1. The first-order valence-corrected chi connectivity index (χ1v) is 11.9. The molecule has 0 saturated heterocycles. The van der Waals surface area contributed by atoms with E-state index in [4.69, 9.17) is 9.15 Å². The van der Waals surface area contributed by atoms with E-state index >= 15 is 0 Å². The van der Waals surface area contributed by atoms with Crippen LogP contribution in [-0.4, -0.2) is 27.9 Å². The highest BCUT2D eigenvalue weighted by Gasteiger charge is 2.18. The van der Waals surface area contributed by atoms with Crippen LogP contribution in [0.25, 0.3) is 11.5 Å². The number of ether oxygens (including phenoxy) is 1. The molecule has 0 aliphatic rings. The number of hydrogen-bond donors (Lipinski definition) is 2. The topological polar surface area (TPSA) is 102 Å². The number of aryl methyl sites for hydroxylation is 1. The number of aliphatic carboxylic acids is 1. The molecule has 0 amide bonds. The molecule has 1 heterocycles. The van der Waals surface area contributed by atoms with Gasteiger partial charge in [0, 0.05) is 29.3 Å². The number of ketones is 1. The van der Waals surface area contributed by atoms with E-state index in [-0.39, 0.29) is 18.8 Å². The Hall–Kier alpha value is -4.65. The summed E-state index contributed by atoms with van der Waals surface area (Å²) in [6, 6.07) is 24.9. The van der Waals surface area contributed by atoms with E-state index < -0.39 is 12.0 Å². The Morgan fingerprint density at radius 2 is 1.65 bits per heavy atom. The highest BCUT2D eigenvalue weighted by molar-refractivity contribution is 6.04. The SMILES string of the molecule is CC(=CC(=O)c1ccccc1)N[C@@H](Cc1ccc(OCc2nc(-c3ccccc3)oc2C)cc1)C(=O)O. The third-order valence-electron chi connectivity index (χ3n) is 5.76. The molecule has 1 aromatic heterocycles. The fourth-order valence-corrected chi connectivity index (χ4v) is 3.77. The van der Waals surface area contributed by atoms with Crippen molar-refractivity contribution in [1.29, 1.82) is 0 Å². The van der Waals surface area contributed by atoms with Gasteiger partial charge >= 0.3 is 5.97 Å². The summed E-state index contributed by atoms with van der Waals surface area (Å²) < 4.78 is 11.7. The molecule has 0 aliphatic heterocycles. The third kappa shape index (κ3) is 6.95. The van der Waals surface area contributed by atoms with Gasteiger partial charge in [-0.1, -0.05) is 60.7 Å². The molecule has 0 fully saturated rings. The summed E-state index contributed by atoms with van der Waals surface area (Å²) in [5.74, 6) is 0.691. The number of carboxylic acids is 1. The van der Waals surface area contributed by atoms with Gasteiger partial charge in [-0.05, 0) is 43.7 Å². The van der Waals surface area contributed by atoms with Gasteiger partial charge in [-0.3, -0.25) is 4.79 Å². The second kappa shape index (κ2) is 11.9. The van der Waals surface area contributed by atoms with Crippen molar-refractivity contribution in [2.24, 2.45) is 0 Å². The van der Waals surface area contributed by atoms with Crippen molar-refractivity contribution in [3.05, 3.63) is 119 Å². The maximum absolute atomic E-state index is 12.4. The Bertz CT molecular complexity index is 1380. The lowest BCUT2D eigenvalue weighted by molar-refractivity contribution is -0.139. The lowest BCUT2D eigenvalue weighted by Gasteiger charge is -2.16. The Kier molecular flexibility index (Phi) is 8.15. The molecule has 188 valence electrons. The number of carbonyl (C=O) groups excluding carboxylic acids is 1. The first kappa shape index (κ1) is 25.4. The zero-order valence-corrected chi connectivity index (χ0v) is 20.7. The number of allylic oxidation sites excluding steroid dienone is 2. The summed E-state index contributed by atoms with van der Waals surface area (Å²) in [6.45, 7) is 3.78. The van der Waals surface area contributed by atoms with Crippen LogP contribution in [0.1, 0.15) is 34.3 Å². The number of rotatable bonds is 11. The molecule has 0 unspecified atom stereocenters. The Labute approximate surface area is 215 Å². The van der Waals surface area contributed by atoms with E-state index in [2.05, 4.69) is 10.3 Å². The third-order valence-corrected chi connectivity index (χ3v) is 5.76. The number of carboxylic acid groups (broad SMARTS) is 1. The number of oxazole rings is 1. The zero-order chi connectivity index (χ0) is 26.2. The maximum Gasteiger partial charge on any atom is 0.326 e. The highest BCUT2D eigenvalue weighted by atomic mass is 16.5. The molecule has 0 spiro atoms. The van der Waals surface area contributed by atoms with Crippen LogP contribution in [0, 0.1) is 6.92 Å². The number of nitrogens with one attached hydrogen (secondary N) is 1. The van der Waals surface area contributed by atoms with Gasteiger partial charge in [0.1, 0.15) is 29.9 Å². The van der Waals surface area contributed by atoms with E-state index in [1.54, 1.807) is 43.3 Å². The van der Waals surface area contributed by atoms with E-state index in [0.29, 0.717) is 34.4 Å². The average molecular weight is 497 g/mol. The van der Waals surface area contributed by atoms with Gasteiger partial charge < -0.3 is 19.6 Å². The zero-order valence-electron chi connectivity index (χ0n) is 20.7. The van der Waals surface area contributed by atoms with E-state index in [1.165, 1.54) is 6.08 Å². The second-order valence-corrected chi connectivity index (χ2v) is 8.62. The van der Waals surface area contributed by atoms with Gasteiger partial charge in [0.25, 0.3) is 0 Å². The minimum absolute atomic E-state index is 0.186. The summed E-state index contributed by atoms with van der Waals surface area (Å²) in [7, 11) is 0. The minimum atomic E-state index is -1.00. The molecule has 2 N–H and O–H groups in total. The minimum Gasteiger partial charge on any atom is -0.487 e. The number of carbonyl (C=O) groups is 2. The molecule has 0 radical (unpaired) electrons. The monoisotopic (exact) mass is 496 g/mol. The van der Waals surface area contributed by atoms with Crippen LogP contribution in [0.2, 0.25) is 0 Å². The lowest BCUT2D eigenvalue weighted by Crippen LogP contribution is -2.37. The van der Waals surface area contributed by atoms with E-state index in [9.17, 15) is 14.7 Å². The van der Waals surface area contributed by atoms with Gasteiger partial charge in [-0.2, -0.15) is 0 Å². The molecule has 0 aliphatic carbocycles. The van der Waals surface area contributed by atoms with Crippen LogP contribution < -0.4 is 10.1 Å². The van der Waals surface area contributed by atoms with Crippen LogP contribution in [-0.2, 0) is 17.8 Å². The molecule has 7 heteroatoms. The fraction of sp³-hybridized carbons (Fsp3) is 0.167. The largest absolute Gasteiger partial charge is 0.487 e. The van der Waals surface area contributed by atoms with Gasteiger partial charge in [0.2, 0.25) is 5.89 Å². The first-order chi connectivity index (χ1) is 17.9. The smallest absolute Gasteiger partial charge is 0.326 e. The van der Waals surface area contributed by atoms with Crippen molar-refractivity contribution < 1.29 is 23.8 Å². The van der Waals surface area contributed by atoms with Crippen molar-refractivity contribution >= 4 is 11.8 Å². The van der Waals surface area contributed by atoms with Crippen LogP contribution in [0.3, 0.4) is 0 Å². The van der Waals surface area contributed by atoms with Crippen LogP contribution in [0.5, 0.6) is 5.75 Å². The first-order valence-electron chi connectivity index (χ1n) is 11.9. The van der Waals surface area contributed by atoms with Crippen LogP contribution >= 0.6 is 0 Å². The predicted octanol–water partition coefficient (Wildman–Crippen LogP) is 5.60. The summed E-state index contributed by atoms with van der Waals surface area (Å²) in [4.78, 5) is 28.8. The number of hydrogen-bond acceptors (Lipinski definition) is 6. The molecule has 0 saturated carbocycles. The Balaban J connectivity index is 1.35. The Morgan fingerprint density at radius 3 is 2.30 bits per heavy atom. The summed E-state index contributed by atoms with van der Waals surface area (Å²) >= 11 is 0. The second-order valence-electron chi connectivity index (χ2n) is 8.62. The Morgan fingerprint density at radius 1 is 1.00 bits per heavy atom. The molecule has 0 bridgehead atoms. The molecular weight excluding hydrogens is 468 g/mol. The van der Waals surface area contributed by atoms with Gasteiger partial charge in [0.05, 0.1) is 0 Å². The van der Waals surface area contributed by atoms with E-state index in [1.807, 2.05) is 55.5 Å².